The molecule has 2 amide bonds. The van der Waals surface area contributed by atoms with E-state index in [1.807, 2.05) is 0 Å². The van der Waals surface area contributed by atoms with Crippen LogP contribution in [0.4, 0.5) is 0 Å². The van der Waals surface area contributed by atoms with Crippen LogP contribution in [0.5, 0.6) is 0 Å². The highest BCUT2D eigenvalue weighted by Gasteiger charge is 2.55. The summed E-state index contributed by atoms with van der Waals surface area (Å²) >= 11 is 0. The monoisotopic (exact) mass is 125 g/mol. The molecule has 9 heavy (non-hydrogen) atoms. The molecule has 0 bridgehead atoms. The van der Waals surface area contributed by atoms with Gasteiger partial charge in [0, 0.05) is 6.42 Å². The van der Waals surface area contributed by atoms with Gasteiger partial charge in [0.05, 0.1) is 5.41 Å². The Morgan fingerprint density at radius 2 is 2.00 bits per heavy atom. The molecule has 0 unspecified atom stereocenters. The minimum Gasteiger partial charge on any atom is -0.296 e. The molecule has 48 valence electrons. The van der Waals surface area contributed by atoms with Crippen molar-refractivity contribution in [1.29, 1.82) is 0 Å². The minimum absolute atomic E-state index is 0.0486. The number of hydrogen-bond acceptors (Lipinski definition) is 2. The van der Waals surface area contributed by atoms with E-state index in [4.69, 9.17) is 0 Å². The van der Waals surface area contributed by atoms with Crippen LogP contribution in [0, 0.1) is 5.41 Å². The second-order valence-electron chi connectivity index (χ2n) is 2.83. The van der Waals surface area contributed by atoms with E-state index in [2.05, 4.69) is 5.32 Å². The Hall–Kier alpha value is -0.860. The Morgan fingerprint density at radius 3 is 2.22 bits per heavy atom. The maximum Gasteiger partial charge on any atom is 0.233 e. The summed E-state index contributed by atoms with van der Waals surface area (Å²) in [6, 6.07) is 0. The van der Waals surface area contributed by atoms with Crippen LogP contribution in [0.3, 0.4) is 0 Å². The molecule has 1 heterocycles. The molecule has 1 saturated carbocycles. The molecule has 3 heteroatoms. The quantitative estimate of drug-likeness (QED) is 0.456. The number of hydrogen-bond donors (Lipinski definition) is 1. The summed E-state index contributed by atoms with van der Waals surface area (Å²) in [7, 11) is 0. The number of rotatable bonds is 0. The van der Waals surface area contributed by atoms with Crippen molar-refractivity contribution in [2.45, 2.75) is 19.3 Å². The molecule has 1 saturated heterocycles. The second kappa shape index (κ2) is 1.17. The van der Waals surface area contributed by atoms with Crippen molar-refractivity contribution < 1.29 is 9.59 Å². The van der Waals surface area contributed by atoms with E-state index in [0.717, 1.165) is 12.8 Å². The van der Waals surface area contributed by atoms with Gasteiger partial charge in [-0.2, -0.15) is 0 Å². The highest BCUT2D eigenvalue weighted by Crippen LogP contribution is 2.51. The van der Waals surface area contributed by atoms with E-state index >= 15 is 0 Å². The predicted octanol–water partition coefficient (Wildman–Crippen LogP) is -0.187. The lowest BCUT2D eigenvalue weighted by Crippen LogP contribution is -2.22. The summed E-state index contributed by atoms with van der Waals surface area (Å²) in [5.41, 5.74) is -0.225. The first-order valence-corrected chi connectivity index (χ1v) is 3.07. The molecule has 0 aromatic rings. The van der Waals surface area contributed by atoms with Crippen LogP contribution in [0.2, 0.25) is 0 Å². The van der Waals surface area contributed by atoms with Gasteiger partial charge in [-0.15, -0.1) is 0 Å². The summed E-state index contributed by atoms with van der Waals surface area (Å²) in [6.07, 6.45) is 2.25. The molecule has 3 nitrogen and oxygen atoms in total. The fourth-order valence-electron chi connectivity index (χ4n) is 1.25. The topological polar surface area (TPSA) is 46.2 Å². The maximum atomic E-state index is 10.8. The number of nitrogens with one attached hydrogen (secondary N) is 1. The highest BCUT2D eigenvalue weighted by molar-refractivity contribution is 6.07. The number of imide groups is 1. The van der Waals surface area contributed by atoms with E-state index in [9.17, 15) is 9.59 Å². The second-order valence-corrected chi connectivity index (χ2v) is 2.83. The van der Waals surface area contributed by atoms with Crippen LogP contribution in [-0.4, -0.2) is 11.8 Å². The van der Waals surface area contributed by atoms with Gasteiger partial charge in [0.1, 0.15) is 0 Å². The lowest BCUT2D eigenvalue weighted by atomic mass is 10.1. The lowest BCUT2D eigenvalue weighted by molar-refractivity contribution is -0.126. The average Bonchev–Trinajstić information content (AvgIpc) is 2.42. The van der Waals surface area contributed by atoms with Crippen molar-refractivity contribution in [3.05, 3.63) is 0 Å². The fraction of sp³-hybridized carbons (Fsp3) is 0.667. The van der Waals surface area contributed by atoms with E-state index in [1.165, 1.54) is 0 Å². The van der Waals surface area contributed by atoms with Crippen molar-refractivity contribution in [2.75, 3.05) is 0 Å². The predicted molar refractivity (Wildman–Crippen MR) is 29.4 cm³/mol. The smallest absolute Gasteiger partial charge is 0.233 e. The van der Waals surface area contributed by atoms with Crippen molar-refractivity contribution in [3.63, 3.8) is 0 Å². The Kier molecular flexibility index (Phi) is 0.648. The average molecular weight is 125 g/mol. The van der Waals surface area contributed by atoms with Crippen molar-refractivity contribution >= 4 is 11.8 Å². The maximum absolute atomic E-state index is 10.8. The molecular weight excluding hydrogens is 118 g/mol. The van der Waals surface area contributed by atoms with Crippen molar-refractivity contribution in [1.82, 2.24) is 5.32 Å². The number of amides is 2. The largest absolute Gasteiger partial charge is 0.296 e. The van der Waals surface area contributed by atoms with Gasteiger partial charge in [-0.05, 0) is 12.8 Å². The molecule has 0 aromatic heterocycles. The first-order chi connectivity index (χ1) is 4.23. The minimum atomic E-state index is -0.225. The highest BCUT2D eigenvalue weighted by atomic mass is 16.2. The SMILES string of the molecule is O=C1CC2(CC2)C(=O)N1. The fourth-order valence-corrected chi connectivity index (χ4v) is 1.25. The first-order valence-electron chi connectivity index (χ1n) is 3.07. The van der Waals surface area contributed by atoms with E-state index in [-0.39, 0.29) is 17.2 Å². The molecule has 1 aliphatic carbocycles. The number of carbonyl (C=O) groups is 2. The van der Waals surface area contributed by atoms with Gasteiger partial charge in [-0.1, -0.05) is 0 Å². The van der Waals surface area contributed by atoms with Gasteiger partial charge in [-0.25, -0.2) is 0 Å². The summed E-state index contributed by atoms with van der Waals surface area (Å²) in [6.45, 7) is 0. The number of carbonyl (C=O) groups excluding carboxylic acids is 2. The van der Waals surface area contributed by atoms with Crippen LogP contribution in [0.25, 0.3) is 0 Å². The van der Waals surface area contributed by atoms with E-state index in [1.54, 1.807) is 0 Å². The molecule has 2 rings (SSSR count). The van der Waals surface area contributed by atoms with Crippen LogP contribution in [0.1, 0.15) is 19.3 Å². The van der Waals surface area contributed by atoms with Crippen LogP contribution in [-0.2, 0) is 9.59 Å². The van der Waals surface area contributed by atoms with Crippen LogP contribution in [0.15, 0.2) is 0 Å². The van der Waals surface area contributed by atoms with E-state index in [0.29, 0.717) is 6.42 Å². The van der Waals surface area contributed by atoms with E-state index < -0.39 is 0 Å². The molecule has 1 aliphatic heterocycles. The van der Waals surface area contributed by atoms with Gasteiger partial charge in [0.2, 0.25) is 11.8 Å². The molecule has 1 spiro atoms. The van der Waals surface area contributed by atoms with Gasteiger partial charge in [0.25, 0.3) is 0 Å². The Bertz CT molecular complexity index is 193. The van der Waals surface area contributed by atoms with Gasteiger partial charge in [-0.3, -0.25) is 14.9 Å². The zero-order chi connectivity index (χ0) is 6.48. The summed E-state index contributed by atoms with van der Waals surface area (Å²) in [5, 5.41) is 2.29. The zero-order valence-electron chi connectivity index (χ0n) is 4.94. The molecule has 2 fully saturated rings. The van der Waals surface area contributed by atoms with Crippen LogP contribution >= 0.6 is 0 Å². The van der Waals surface area contributed by atoms with Gasteiger partial charge in [0.15, 0.2) is 0 Å². The molecule has 0 radical (unpaired) electrons. The zero-order valence-corrected chi connectivity index (χ0v) is 4.94. The first kappa shape index (κ1) is 4.97. The summed E-state index contributed by atoms with van der Waals surface area (Å²) < 4.78 is 0. The summed E-state index contributed by atoms with van der Waals surface area (Å²) in [5.74, 6) is -0.148. The van der Waals surface area contributed by atoms with Crippen molar-refractivity contribution in [2.24, 2.45) is 5.41 Å². The molecule has 0 aromatic carbocycles. The molecular formula is C6H7NO2. The third-order valence-electron chi connectivity index (χ3n) is 2.09. The third-order valence-corrected chi connectivity index (χ3v) is 2.09. The summed E-state index contributed by atoms with van der Waals surface area (Å²) in [4.78, 5) is 21.4. The lowest BCUT2D eigenvalue weighted by Gasteiger charge is -1.93. The standard InChI is InChI=1S/C6H7NO2/c8-4-3-6(1-2-6)5(9)7-4/h1-3H2,(H,7,8,9). The Morgan fingerprint density at radius 1 is 1.33 bits per heavy atom. The van der Waals surface area contributed by atoms with Gasteiger partial charge >= 0.3 is 0 Å². The van der Waals surface area contributed by atoms with Gasteiger partial charge < -0.3 is 0 Å². The molecule has 0 atom stereocenters. The Balaban J connectivity index is 2.28. The molecule has 1 N–H and O–H groups in total. The van der Waals surface area contributed by atoms with Crippen molar-refractivity contribution in [3.8, 4) is 0 Å². The normalized spacial score (nSPS) is 28.9. The Labute approximate surface area is 52.4 Å². The van der Waals surface area contributed by atoms with Crippen LogP contribution < -0.4 is 5.32 Å². The third kappa shape index (κ3) is 0.515. The molecule has 2 aliphatic rings.